The molecule has 1 amide bonds. The van der Waals surface area contributed by atoms with Gasteiger partial charge in [-0.05, 0) is 48.9 Å². The summed E-state index contributed by atoms with van der Waals surface area (Å²) < 4.78 is 50.3. The Morgan fingerprint density at radius 3 is 2.39 bits per heavy atom. The molecule has 0 heterocycles. The Morgan fingerprint density at radius 2 is 1.83 bits per heavy atom. The molecular weight excluding hydrogens is 328 g/mol. The van der Waals surface area contributed by atoms with Crippen LogP contribution in [0.3, 0.4) is 0 Å². The Bertz CT molecular complexity index is 806. The molecule has 2 aromatic rings. The van der Waals surface area contributed by atoms with Gasteiger partial charge in [-0.3, -0.25) is 4.79 Å². The highest BCUT2D eigenvalue weighted by atomic mass is 32.3. The summed E-state index contributed by atoms with van der Waals surface area (Å²) in [7, 11) is -5.09. The Labute approximate surface area is 132 Å². The van der Waals surface area contributed by atoms with Crippen LogP contribution in [-0.4, -0.2) is 14.3 Å². The number of nitrogens with one attached hydrogen (secondary N) is 1. The van der Waals surface area contributed by atoms with E-state index in [1.165, 1.54) is 42.5 Å². The second kappa shape index (κ2) is 6.74. The van der Waals surface area contributed by atoms with Crippen LogP contribution in [0.15, 0.2) is 48.5 Å². The lowest BCUT2D eigenvalue weighted by molar-refractivity contribution is -0.117. The first-order valence-electron chi connectivity index (χ1n) is 6.55. The molecule has 23 heavy (non-hydrogen) atoms. The Kier molecular flexibility index (Phi) is 4.95. The second-order valence-electron chi connectivity index (χ2n) is 4.77. The highest BCUT2D eigenvalue weighted by Gasteiger charge is 2.16. The maximum atomic E-state index is 13.2. The lowest BCUT2D eigenvalue weighted by atomic mass is 10.0. The minimum atomic E-state index is -5.09. The quantitative estimate of drug-likeness (QED) is 0.848. The summed E-state index contributed by atoms with van der Waals surface area (Å²) in [5, 5.41) is 2.59. The SMILES string of the molecule is CC(C(=O)Nc1ccc(OS(=O)(=O)F)cc1)c1cccc(F)c1. The van der Waals surface area contributed by atoms with E-state index in [9.17, 15) is 21.5 Å². The first-order valence-corrected chi connectivity index (χ1v) is 7.86. The summed E-state index contributed by atoms with van der Waals surface area (Å²) >= 11 is 0. The lowest BCUT2D eigenvalue weighted by Gasteiger charge is -2.13. The molecule has 1 unspecified atom stereocenters. The van der Waals surface area contributed by atoms with Gasteiger partial charge in [-0.1, -0.05) is 16.0 Å². The molecule has 0 spiro atoms. The highest BCUT2D eigenvalue weighted by Crippen LogP contribution is 2.21. The average molecular weight is 341 g/mol. The molecule has 0 radical (unpaired) electrons. The maximum Gasteiger partial charge on any atom is 0.488 e. The van der Waals surface area contributed by atoms with Crippen molar-refractivity contribution in [2.75, 3.05) is 5.32 Å². The van der Waals surface area contributed by atoms with Gasteiger partial charge in [0.05, 0.1) is 5.92 Å². The molecular formula is C15H13F2NO4S. The molecule has 1 atom stereocenters. The summed E-state index contributed by atoms with van der Waals surface area (Å²) in [5.41, 5.74) is 0.882. The smallest absolute Gasteiger partial charge is 0.358 e. The number of rotatable bonds is 5. The van der Waals surface area contributed by atoms with Crippen molar-refractivity contribution in [3.8, 4) is 5.75 Å². The van der Waals surface area contributed by atoms with Crippen molar-refractivity contribution in [2.24, 2.45) is 0 Å². The normalized spacial score (nSPS) is 12.5. The van der Waals surface area contributed by atoms with E-state index in [-0.39, 0.29) is 11.7 Å². The molecule has 1 N–H and O–H groups in total. The van der Waals surface area contributed by atoms with Crippen molar-refractivity contribution in [1.82, 2.24) is 0 Å². The van der Waals surface area contributed by atoms with Crippen molar-refractivity contribution >= 4 is 22.1 Å². The fourth-order valence-corrected chi connectivity index (χ4v) is 2.23. The highest BCUT2D eigenvalue weighted by molar-refractivity contribution is 7.81. The maximum absolute atomic E-state index is 13.2. The van der Waals surface area contributed by atoms with Crippen LogP contribution < -0.4 is 9.50 Å². The molecule has 0 bridgehead atoms. The van der Waals surface area contributed by atoms with Crippen LogP contribution >= 0.6 is 0 Å². The van der Waals surface area contributed by atoms with Crippen LogP contribution in [0.1, 0.15) is 18.4 Å². The molecule has 0 aliphatic carbocycles. The molecule has 2 aromatic carbocycles. The van der Waals surface area contributed by atoms with E-state index >= 15 is 0 Å². The van der Waals surface area contributed by atoms with Gasteiger partial charge < -0.3 is 9.50 Å². The van der Waals surface area contributed by atoms with Crippen LogP contribution in [0.4, 0.5) is 14.0 Å². The summed E-state index contributed by atoms with van der Waals surface area (Å²) in [6.07, 6.45) is 0. The zero-order valence-corrected chi connectivity index (χ0v) is 12.8. The number of halogens is 2. The van der Waals surface area contributed by atoms with Gasteiger partial charge in [-0.2, -0.15) is 8.42 Å². The molecule has 122 valence electrons. The van der Waals surface area contributed by atoms with E-state index in [1.54, 1.807) is 13.0 Å². The van der Waals surface area contributed by atoms with Gasteiger partial charge in [0, 0.05) is 5.69 Å². The van der Waals surface area contributed by atoms with Crippen LogP contribution in [0, 0.1) is 5.82 Å². The molecule has 0 saturated heterocycles. The zero-order chi connectivity index (χ0) is 17.0. The summed E-state index contributed by atoms with van der Waals surface area (Å²) in [5.74, 6) is -1.62. The zero-order valence-electron chi connectivity index (χ0n) is 12.0. The Balaban J connectivity index is 2.05. The van der Waals surface area contributed by atoms with Gasteiger partial charge >= 0.3 is 10.5 Å². The van der Waals surface area contributed by atoms with E-state index < -0.39 is 22.2 Å². The topological polar surface area (TPSA) is 72.5 Å². The third-order valence-corrected chi connectivity index (χ3v) is 3.45. The van der Waals surface area contributed by atoms with Crippen molar-refractivity contribution in [2.45, 2.75) is 12.8 Å². The third-order valence-electron chi connectivity index (χ3n) is 3.06. The van der Waals surface area contributed by atoms with Gasteiger partial charge in [-0.25, -0.2) is 4.39 Å². The Morgan fingerprint density at radius 1 is 1.17 bits per heavy atom. The van der Waals surface area contributed by atoms with Crippen LogP contribution in [0.2, 0.25) is 0 Å². The summed E-state index contributed by atoms with van der Waals surface area (Å²) in [6, 6.07) is 10.8. The molecule has 2 rings (SSSR count). The standard InChI is InChI=1S/C15H13F2NO4S/c1-10(11-3-2-4-12(16)9-11)15(19)18-13-5-7-14(8-6-13)22-23(17,20)21/h2-10H,1H3,(H,18,19). The van der Waals surface area contributed by atoms with Gasteiger partial charge in [0.25, 0.3) is 0 Å². The third kappa shape index (κ3) is 5.03. The van der Waals surface area contributed by atoms with Gasteiger partial charge in [-0.15, -0.1) is 0 Å². The molecule has 8 heteroatoms. The van der Waals surface area contributed by atoms with E-state index in [0.717, 1.165) is 0 Å². The number of carbonyl (C=O) groups excluding carboxylic acids is 1. The van der Waals surface area contributed by atoms with E-state index in [0.29, 0.717) is 11.3 Å². The van der Waals surface area contributed by atoms with E-state index in [1.807, 2.05) is 0 Å². The van der Waals surface area contributed by atoms with Crippen LogP contribution in [0.5, 0.6) is 5.75 Å². The monoisotopic (exact) mass is 341 g/mol. The Hall–Kier alpha value is -2.48. The lowest BCUT2D eigenvalue weighted by Crippen LogP contribution is -2.18. The minimum Gasteiger partial charge on any atom is -0.358 e. The number of amides is 1. The number of hydrogen-bond donors (Lipinski definition) is 1. The average Bonchev–Trinajstić information content (AvgIpc) is 2.47. The fourth-order valence-electron chi connectivity index (χ4n) is 1.89. The van der Waals surface area contributed by atoms with Crippen LogP contribution in [-0.2, 0) is 15.3 Å². The van der Waals surface area contributed by atoms with Crippen molar-refractivity contribution in [1.29, 1.82) is 0 Å². The van der Waals surface area contributed by atoms with Crippen molar-refractivity contribution in [3.05, 3.63) is 59.9 Å². The largest absolute Gasteiger partial charge is 0.488 e. The van der Waals surface area contributed by atoms with Crippen molar-refractivity contribution in [3.63, 3.8) is 0 Å². The molecule has 0 aliphatic rings. The predicted octanol–water partition coefficient (Wildman–Crippen LogP) is 3.16. The second-order valence-corrected chi connectivity index (χ2v) is 5.72. The number of hydrogen-bond acceptors (Lipinski definition) is 4. The molecule has 0 aromatic heterocycles. The fraction of sp³-hybridized carbons (Fsp3) is 0.133. The number of benzene rings is 2. The minimum absolute atomic E-state index is 0.219. The summed E-state index contributed by atoms with van der Waals surface area (Å²) in [4.78, 5) is 12.1. The first-order chi connectivity index (χ1) is 10.7. The molecule has 0 saturated carbocycles. The first kappa shape index (κ1) is 16.9. The van der Waals surface area contributed by atoms with Gasteiger partial charge in [0.15, 0.2) is 0 Å². The number of carbonyl (C=O) groups is 1. The number of anilines is 1. The van der Waals surface area contributed by atoms with Gasteiger partial charge in [0.1, 0.15) is 11.6 Å². The van der Waals surface area contributed by atoms with Gasteiger partial charge in [0.2, 0.25) is 5.91 Å². The predicted molar refractivity (Wildman–Crippen MR) is 80.5 cm³/mol. The van der Waals surface area contributed by atoms with Crippen LogP contribution in [0.25, 0.3) is 0 Å². The van der Waals surface area contributed by atoms with Crippen molar-refractivity contribution < 1.29 is 25.7 Å². The molecule has 0 fully saturated rings. The summed E-state index contributed by atoms with van der Waals surface area (Å²) in [6.45, 7) is 1.62. The van der Waals surface area contributed by atoms with E-state index in [2.05, 4.69) is 9.50 Å². The van der Waals surface area contributed by atoms with E-state index in [4.69, 9.17) is 0 Å². The molecule has 5 nitrogen and oxygen atoms in total. The molecule has 0 aliphatic heterocycles.